The van der Waals surface area contributed by atoms with Gasteiger partial charge in [-0.25, -0.2) is 0 Å². The van der Waals surface area contributed by atoms with E-state index in [9.17, 15) is 0 Å². The lowest BCUT2D eigenvalue weighted by molar-refractivity contribution is 0.194. The van der Waals surface area contributed by atoms with Gasteiger partial charge in [0.15, 0.2) is 5.82 Å². The largest absolute Gasteiger partial charge is 0.385 e. The Bertz CT molecular complexity index is 371. The molecule has 0 aliphatic rings. The van der Waals surface area contributed by atoms with Crippen molar-refractivity contribution < 1.29 is 9.26 Å². The standard InChI is InChI=1S/C15H29N3O2/c1-6-9-16-12(15(2,3)4)11-14-17-13(18-20-14)8-7-10-19-5/h12,16H,6-11H2,1-5H3. The van der Waals surface area contributed by atoms with Gasteiger partial charge in [0.25, 0.3) is 0 Å². The molecule has 1 atom stereocenters. The third-order valence-corrected chi connectivity index (χ3v) is 3.32. The Kier molecular flexibility index (Phi) is 7.16. The van der Waals surface area contributed by atoms with Crippen LogP contribution in [0.4, 0.5) is 0 Å². The Morgan fingerprint density at radius 2 is 2.10 bits per heavy atom. The fourth-order valence-electron chi connectivity index (χ4n) is 2.03. The maximum atomic E-state index is 5.36. The molecule has 0 aliphatic heterocycles. The van der Waals surface area contributed by atoms with Gasteiger partial charge < -0.3 is 14.6 Å². The molecule has 0 saturated heterocycles. The maximum absolute atomic E-state index is 5.36. The molecule has 5 nitrogen and oxygen atoms in total. The summed E-state index contributed by atoms with van der Waals surface area (Å²) < 4.78 is 10.4. The Hall–Kier alpha value is -0.940. The second-order valence-electron chi connectivity index (χ2n) is 6.28. The van der Waals surface area contributed by atoms with Gasteiger partial charge in [-0.3, -0.25) is 0 Å². The molecule has 1 aromatic rings. The molecule has 0 fully saturated rings. The SMILES string of the molecule is CCCNC(Cc1nc(CCCOC)no1)C(C)(C)C. The first-order valence-corrected chi connectivity index (χ1v) is 7.51. The van der Waals surface area contributed by atoms with Crippen LogP contribution in [0.25, 0.3) is 0 Å². The van der Waals surface area contributed by atoms with Crippen molar-refractivity contribution in [3.63, 3.8) is 0 Å². The van der Waals surface area contributed by atoms with Crippen molar-refractivity contribution in [1.29, 1.82) is 0 Å². The highest BCUT2D eigenvalue weighted by molar-refractivity contribution is 4.93. The topological polar surface area (TPSA) is 60.2 Å². The molecular weight excluding hydrogens is 254 g/mol. The van der Waals surface area contributed by atoms with Crippen LogP contribution in [0.5, 0.6) is 0 Å². The lowest BCUT2D eigenvalue weighted by atomic mass is 9.84. The van der Waals surface area contributed by atoms with Crippen LogP contribution in [-0.2, 0) is 17.6 Å². The first-order valence-electron chi connectivity index (χ1n) is 7.51. The molecule has 0 bridgehead atoms. The van der Waals surface area contributed by atoms with E-state index < -0.39 is 0 Å². The summed E-state index contributed by atoms with van der Waals surface area (Å²) in [6, 6.07) is 0.342. The average Bonchev–Trinajstić information content (AvgIpc) is 2.81. The Morgan fingerprint density at radius 1 is 1.35 bits per heavy atom. The van der Waals surface area contributed by atoms with Crippen molar-refractivity contribution >= 4 is 0 Å². The van der Waals surface area contributed by atoms with Crippen molar-refractivity contribution in [2.75, 3.05) is 20.3 Å². The highest BCUT2D eigenvalue weighted by Gasteiger charge is 2.26. The molecule has 0 amide bonds. The highest BCUT2D eigenvalue weighted by atomic mass is 16.5. The van der Waals surface area contributed by atoms with E-state index in [-0.39, 0.29) is 5.41 Å². The van der Waals surface area contributed by atoms with Gasteiger partial charge in [0, 0.05) is 32.6 Å². The zero-order valence-corrected chi connectivity index (χ0v) is 13.5. The highest BCUT2D eigenvalue weighted by Crippen LogP contribution is 2.22. The van der Waals surface area contributed by atoms with Gasteiger partial charge in [-0.15, -0.1) is 0 Å². The van der Waals surface area contributed by atoms with Crippen molar-refractivity contribution in [3.8, 4) is 0 Å². The van der Waals surface area contributed by atoms with E-state index in [1.54, 1.807) is 7.11 Å². The van der Waals surface area contributed by atoms with E-state index in [2.05, 4.69) is 43.2 Å². The number of aryl methyl sites for hydroxylation is 1. The summed E-state index contributed by atoms with van der Waals surface area (Å²) in [5.74, 6) is 1.50. The first-order chi connectivity index (χ1) is 9.47. The smallest absolute Gasteiger partial charge is 0.228 e. The van der Waals surface area contributed by atoms with Gasteiger partial charge in [-0.1, -0.05) is 32.9 Å². The molecule has 0 spiro atoms. The second-order valence-corrected chi connectivity index (χ2v) is 6.28. The number of nitrogens with zero attached hydrogens (tertiary/aromatic N) is 2. The Balaban J connectivity index is 2.55. The zero-order chi connectivity index (χ0) is 15.0. The number of aromatic nitrogens is 2. The number of rotatable bonds is 9. The molecule has 1 unspecified atom stereocenters. The molecule has 1 rings (SSSR count). The molecule has 0 radical (unpaired) electrons. The van der Waals surface area contributed by atoms with Crippen LogP contribution >= 0.6 is 0 Å². The molecule has 0 aliphatic carbocycles. The van der Waals surface area contributed by atoms with E-state index >= 15 is 0 Å². The summed E-state index contributed by atoms with van der Waals surface area (Å²) in [4.78, 5) is 4.47. The summed E-state index contributed by atoms with van der Waals surface area (Å²) in [7, 11) is 1.70. The van der Waals surface area contributed by atoms with Gasteiger partial charge in [0.2, 0.25) is 5.89 Å². The molecule has 1 heterocycles. The first kappa shape index (κ1) is 17.1. The molecular formula is C15H29N3O2. The number of methoxy groups -OCH3 is 1. The monoisotopic (exact) mass is 283 g/mol. The van der Waals surface area contributed by atoms with Gasteiger partial charge in [-0.2, -0.15) is 4.98 Å². The van der Waals surface area contributed by atoms with Crippen LogP contribution in [-0.4, -0.2) is 36.4 Å². The average molecular weight is 283 g/mol. The van der Waals surface area contributed by atoms with Crippen LogP contribution in [0.15, 0.2) is 4.52 Å². The lowest BCUT2D eigenvalue weighted by Gasteiger charge is -2.30. The molecule has 0 aromatic carbocycles. The van der Waals surface area contributed by atoms with Crippen LogP contribution in [0.3, 0.4) is 0 Å². The van der Waals surface area contributed by atoms with Crippen LogP contribution in [0, 0.1) is 5.41 Å². The fraction of sp³-hybridized carbons (Fsp3) is 0.867. The molecule has 1 N–H and O–H groups in total. The van der Waals surface area contributed by atoms with Crippen molar-refractivity contribution in [3.05, 3.63) is 11.7 Å². The molecule has 5 heteroatoms. The van der Waals surface area contributed by atoms with Gasteiger partial charge in [0.1, 0.15) is 0 Å². The third kappa shape index (κ3) is 6.01. The normalized spacial score (nSPS) is 13.7. The molecule has 1 aromatic heterocycles. The summed E-state index contributed by atoms with van der Waals surface area (Å²) in [6.07, 6.45) is 3.63. The summed E-state index contributed by atoms with van der Waals surface area (Å²) in [6.45, 7) is 10.6. The Morgan fingerprint density at radius 3 is 2.70 bits per heavy atom. The fourth-order valence-corrected chi connectivity index (χ4v) is 2.03. The van der Waals surface area contributed by atoms with Crippen molar-refractivity contribution in [2.24, 2.45) is 5.41 Å². The van der Waals surface area contributed by atoms with Crippen molar-refractivity contribution in [1.82, 2.24) is 15.5 Å². The van der Waals surface area contributed by atoms with Crippen LogP contribution in [0.2, 0.25) is 0 Å². The summed E-state index contributed by atoms with van der Waals surface area (Å²) >= 11 is 0. The van der Waals surface area contributed by atoms with Crippen LogP contribution in [0.1, 0.15) is 52.3 Å². The predicted octanol–water partition coefficient (Wildman–Crippen LogP) is 2.61. The zero-order valence-electron chi connectivity index (χ0n) is 13.5. The van der Waals surface area contributed by atoms with Gasteiger partial charge in [-0.05, 0) is 24.8 Å². The summed E-state index contributed by atoms with van der Waals surface area (Å²) in [5, 5.41) is 7.61. The van der Waals surface area contributed by atoms with E-state index in [4.69, 9.17) is 9.26 Å². The summed E-state index contributed by atoms with van der Waals surface area (Å²) in [5.41, 5.74) is 0.167. The number of ether oxygens (including phenoxy) is 1. The maximum Gasteiger partial charge on any atom is 0.228 e. The van der Waals surface area contributed by atoms with Gasteiger partial charge >= 0.3 is 0 Å². The molecule has 0 saturated carbocycles. The van der Waals surface area contributed by atoms with E-state index in [0.717, 1.165) is 50.6 Å². The number of hydrogen-bond acceptors (Lipinski definition) is 5. The number of hydrogen-bond donors (Lipinski definition) is 1. The third-order valence-electron chi connectivity index (χ3n) is 3.32. The van der Waals surface area contributed by atoms with E-state index in [1.807, 2.05) is 0 Å². The second kappa shape index (κ2) is 8.37. The number of nitrogens with one attached hydrogen (secondary N) is 1. The molecule has 20 heavy (non-hydrogen) atoms. The van der Waals surface area contributed by atoms with E-state index in [1.165, 1.54) is 0 Å². The lowest BCUT2D eigenvalue weighted by Crippen LogP contribution is -2.42. The minimum atomic E-state index is 0.167. The predicted molar refractivity (Wildman–Crippen MR) is 79.7 cm³/mol. The minimum absolute atomic E-state index is 0.167. The Labute approximate surface area is 122 Å². The van der Waals surface area contributed by atoms with Crippen LogP contribution < -0.4 is 5.32 Å². The minimum Gasteiger partial charge on any atom is -0.385 e. The molecule has 116 valence electrons. The van der Waals surface area contributed by atoms with Gasteiger partial charge in [0.05, 0.1) is 0 Å². The van der Waals surface area contributed by atoms with E-state index in [0.29, 0.717) is 6.04 Å². The quantitative estimate of drug-likeness (QED) is 0.706. The van der Waals surface area contributed by atoms with Crippen molar-refractivity contribution in [2.45, 2.75) is 59.4 Å².